The summed E-state index contributed by atoms with van der Waals surface area (Å²) in [7, 11) is 0. The summed E-state index contributed by atoms with van der Waals surface area (Å²) >= 11 is 0. The smallest absolute Gasteiger partial charge is 0.259 e. The Morgan fingerprint density at radius 1 is 0.929 bits per heavy atom. The van der Waals surface area contributed by atoms with Crippen molar-refractivity contribution in [1.82, 2.24) is 5.16 Å². The molecule has 28 heavy (non-hydrogen) atoms. The Hall–Kier alpha value is -3.40. The van der Waals surface area contributed by atoms with Crippen molar-refractivity contribution >= 4 is 22.4 Å². The second kappa shape index (κ2) is 6.06. The first-order chi connectivity index (χ1) is 13.6. The molecule has 0 radical (unpaired) electrons. The number of hydrogen-bond acceptors (Lipinski definition) is 3. The highest BCUT2D eigenvalue weighted by Crippen LogP contribution is 2.45. The van der Waals surface area contributed by atoms with Crippen LogP contribution in [0, 0.1) is 13.8 Å². The molecule has 1 aliphatic heterocycles. The molecule has 0 bridgehead atoms. The van der Waals surface area contributed by atoms with Crippen LogP contribution in [0.4, 0.5) is 5.69 Å². The lowest BCUT2D eigenvalue weighted by atomic mass is 9.95. The third-order valence-electron chi connectivity index (χ3n) is 5.70. The topological polar surface area (TPSA) is 46.3 Å². The van der Waals surface area contributed by atoms with E-state index in [1.54, 1.807) is 0 Å². The molecule has 1 unspecified atom stereocenters. The number of aryl methyl sites for hydroxylation is 2. The first kappa shape index (κ1) is 16.8. The largest absolute Gasteiger partial charge is 0.361 e. The van der Waals surface area contributed by atoms with E-state index < -0.39 is 0 Å². The number of aromatic nitrogens is 1. The molecule has 0 spiro atoms. The summed E-state index contributed by atoms with van der Waals surface area (Å²) in [6, 6.07) is 20.2. The Kier molecular flexibility index (Phi) is 3.63. The van der Waals surface area contributed by atoms with Gasteiger partial charge in [0.15, 0.2) is 0 Å². The van der Waals surface area contributed by atoms with E-state index in [-0.39, 0.29) is 11.9 Å². The SMILES string of the molecule is Cc1noc(C)c1-c1ccc2c3c(cccc13)C(=O)N2C(C)c1ccccc1. The van der Waals surface area contributed by atoms with E-state index in [0.717, 1.165) is 50.2 Å². The molecule has 1 atom stereocenters. The van der Waals surface area contributed by atoms with Crippen LogP contribution < -0.4 is 4.90 Å². The van der Waals surface area contributed by atoms with Crippen LogP contribution in [0.25, 0.3) is 21.9 Å². The number of nitrogens with zero attached hydrogens (tertiary/aromatic N) is 2. The highest BCUT2D eigenvalue weighted by Gasteiger charge is 2.34. The molecule has 0 saturated heterocycles. The number of rotatable bonds is 3. The second-order valence-electron chi connectivity index (χ2n) is 7.32. The Morgan fingerprint density at radius 2 is 1.71 bits per heavy atom. The number of benzene rings is 3. The summed E-state index contributed by atoms with van der Waals surface area (Å²) in [5.74, 6) is 0.838. The van der Waals surface area contributed by atoms with Gasteiger partial charge in [-0.15, -0.1) is 0 Å². The monoisotopic (exact) mass is 368 g/mol. The average Bonchev–Trinajstić information content (AvgIpc) is 3.20. The summed E-state index contributed by atoms with van der Waals surface area (Å²) in [5.41, 5.74) is 5.75. The maximum absolute atomic E-state index is 13.3. The molecule has 4 aromatic rings. The first-order valence-corrected chi connectivity index (χ1v) is 9.45. The molecular formula is C24H20N2O2. The van der Waals surface area contributed by atoms with Crippen molar-refractivity contribution in [2.24, 2.45) is 0 Å². The third kappa shape index (κ3) is 2.24. The van der Waals surface area contributed by atoms with Crippen molar-refractivity contribution < 1.29 is 9.32 Å². The average molecular weight is 368 g/mol. The van der Waals surface area contributed by atoms with Crippen molar-refractivity contribution in [3.05, 3.63) is 83.2 Å². The van der Waals surface area contributed by atoms with Crippen molar-refractivity contribution in [2.45, 2.75) is 26.8 Å². The normalized spacial score (nSPS) is 14.1. The van der Waals surface area contributed by atoms with Gasteiger partial charge in [-0.3, -0.25) is 4.79 Å². The van der Waals surface area contributed by atoms with Gasteiger partial charge in [0.05, 0.1) is 17.4 Å². The van der Waals surface area contributed by atoms with E-state index in [1.807, 2.05) is 49.1 Å². The minimum atomic E-state index is -0.0470. The molecule has 3 aromatic carbocycles. The molecule has 0 N–H and O–H groups in total. The minimum absolute atomic E-state index is 0.0470. The molecule has 2 heterocycles. The van der Waals surface area contributed by atoms with E-state index >= 15 is 0 Å². The standard InChI is InChI=1S/C24H20N2O2/c1-14-22(16(3)28-25-14)19-12-13-21-23-18(19)10-7-11-20(23)24(27)26(21)15(2)17-8-5-4-6-9-17/h4-13,15H,1-3H3. The van der Waals surface area contributed by atoms with Gasteiger partial charge in [-0.25, -0.2) is 0 Å². The quantitative estimate of drug-likeness (QED) is 0.457. The van der Waals surface area contributed by atoms with Crippen LogP contribution in [-0.2, 0) is 0 Å². The molecule has 1 aliphatic rings. The summed E-state index contributed by atoms with van der Waals surface area (Å²) in [4.78, 5) is 15.2. The predicted molar refractivity (Wildman–Crippen MR) is 111 cm³/mol. The second-order valence-corrected chi connectivity index (χ2v) is 7.32. The molecule has 4 nitrogen and oxygen atoms in total. The predicted octanol–water partition coefficient (Wildman–Crippen LogP) is 5.83. The summed E-state index contributed by atoms with van der Waals surface area (Å²) < 4.78 is 5.39. The molecule has 138 valence electrons. The van der Waals surface area contributed by atoms with Crippen LogP contribution in [-0.4, -0.2) is 11.1 Å². The van der Waals surface area contributed by atoms with Gasteiger partial charge >= 0.3 is 0 Å². The molecule has 5 rings (SSSR count). The molecule has 4 heteroatoms. The van der Waals surface area contributed by atoms with Crippen LogP contribution in [0.2, 0.25) is 0 Å². The zero-order valence-corrected chi connectivity index (χ0v) is 16.1. The fourth-order valence-corrected chi connectivity index (χ4v) is 4.36. The molecular weight excluding hydrogens is 348 g/mol. The highest BCUT2D eigenvalue weighted by molar-refractivity contribution is 6.27. The summed E-state index contributed by atoms with van der Waals surface area (Å²) in [6.45, 7) is 5.95. The maximum Gasteiger partial charge on any atom is 0.259 e. The van der Waals surface area contributed by atoms with E-state index in [1.165, 1.54) is 0 Å². The highest BCUT2D eigenvalue weighted by atomic mass is 16.5. The van der Waals surface area contributed by atoms with Crippen LogP contribution in [0.15, 0.2) is 65.2 Å². The van der Waals surface area contributed by atoms with Gasteiger partial charge in [0.2, 0.25) is 0 Å². The fourth-order valence-electron chi connectivity index (χ4n) is 4.36. The van der Waals surface area contributed by atoms with Gasteiger partial charge in [0.25, 0.3) is 5.91 Å². The van der Waals surface area contributed by atoms with Crippen molar-refractivity contribution in [1.29, 1.82) is 0 Å². The van der Waals surface area contributed by atoms with Crippen molar-refractivity contribution in [3.8, 4) is 11.1 Å². The van der Waals surface area contributed by atoms with Crippen LogP contribution in [0.1, 0.15) is 40.3 Å². The van der Waals surface area contributed by atoms with E-state index in [2.05, 4.69) is 42.4 Å². The van der Waals surface area contributed by atoms with Gasteiger partial charge in [-0.2, -0.15) is 0 Å². The minimum Gasteiger partial charge on any atom is -0.361 e. The van der Waals surface area contributed by atoms with Gasteiger partial charge in [0.1, 0.15) is 5.76 Å². The number of hydrogen-bond donors (Lipinski definition) is 0. The van der Waals surface area contributed by atoms with Crippen LogP contribution >= 0.6 is 0 Å². The Balaban J connectivity index is 1.74. The van der Waals surface area contributed by atoms with Gasteiger partial charge < -0.3 is 9.42 Å². The van der Waals surface area contributed by atoms with E-state index in [4.69, 9.17) is 4.52 Å². The zero-order chi connectivity index (χ0) is 19.4. The summed E-state index contributed by atoms with van der Waals surface area (Å²) in [6.07, 6.45) is 0. The lowest BCUT2D eigenvalue weighted by Gasteiger charge is -2.26. The summed E-state index contributed by atoms with van der Waals surface area (Å²) in [5, 5.41) is 6.17. The van der Waals surface area contributed by atoms with Crippen molar-refractivity contribution in [3.63, 3.8) is 0 Å². The lowest BCUT2D eigenvalue weighted by molar-refractivity contribution is 0.0985. The Labute approximate surface area is 163 Å². The first-order valence-electron chi connectivity index (χ1n) is 9.45. The zero-order valence-electron chi connectivity index (χ0n) is 16.1. The van der Waals surface area contributed by atoms with Gasteiger partial charge in [0, 0.05) is 16.5 Å². The van der Waals surface area contributed by atoms with Gasteiger partial charge in [-0.1, -0.05) is 53.7 Å². The molecule has 0 fully saturated rings. The number of carbonyl (C=O) groups is 1. The lowest BCUT2D eigenvalue weighted by Crippen LogP contribution is -2.29. The molecule has 0 saturated carbocycles. The van der Waals surface area contributed by atoms with Crippen LogP contribution in [0.3, 0.4) is 0 Å². The molecule has 1 aromatic heterocycles. The van der Waals surface area contributed by atoms with Crippen molar-refractivity contribution in [2.75, 3.05) is 4.90 Å². The Morgan fingerprint density at radius 3 is 2.43 bits per heavy atom. The fraction of sp³-hybridized carbons (Fsp3) is 0.167. The Bertz CT molecular complexity index is 1200. The van der Waals surface area contributed by atoms with Crippen LogP contribution in [0.5, 0.6) is 0 Å². The number of amides is 1. The third-order valence-corrected chi connectivity index (χ3v) is 5.70. The van der Waals surface area contributed by atoms with Gasteiger partial charge in [-0.05, 0) is 49.4 Å². The van der Waals surface area contributed by atoms with E-state index in [0.29, 0.717) is 0 Å². The number of anilines is 1. The molecule has 1 amide bonds. The molecule has 0 aliphatic carbocycles. The number of carbonyl (C=O) groups excluding carboxylic acids is 1. The van der Waals surface area contributed by atoms with E-state index in [9.17, 15) is 4.79 Å². The maximum atomic E-state index is 13.3.